The first-order chi connectivity index (χ1) is 10.3. The number of fused-ring (bicyclic) bond motifs is 1. The fourth-order valence-electron chi connectivity index (χ4n) is 2.28. The number of rotatable bonds is 3. The van der Waals surface area contributed by atoms with Crippen LogP contribution in [0.15, 0.2) is 48.8 Å². The Morgan fingerprint density at radius 3 is 2.76 bits per heavy atom. The van der Waals surface area contributed by atoms with Crippen LogP contribution in [0.1, 0.15) is 6.92 Å². The molecule has 0 bridgehead atoms. The van der Waals surface area contributed by atoms with Crippen LogP contribution in [0.4, 0.5) is 5.69 Å². The van der Waals surface area contributed by atoms with Crippen molar-refractivity contribution in [2.45, 2.75) is 6.92 Å². The minimum Gasteiger partial charge on any atom is -0.363 e. The molecule has 0 aliphatic carbocycles. The molecule has 0 saturated heterocycles. The molecule has 0 atom stereocenters. The average molecular weight is 296 g/mol. The molecule has 0 radical (unpaired) electrons. The van der Waals surface area contributed by atoms with Gasteiger partial charge in [-0.1, -0.05) is 12.1 Å². The van der Waals surface area contributed by atoms with Crippen LogP contribution in [-0.4, -0.2) is 21.6 Å². The van der Waals surface area contributed by atoms with E-state index >= 15 is 0 Å². The number of H-pyrrole nitrogens is 1. The molecule has 5 heteroatoms. The second-order valence-electron chi connectivity index (χ2n) is 4.66. The van der Waals surface area contributed by atoms with E-state index in [1.165, 1.54) is 5.56 Å². The molecule has 4 nitrogen and oxygen atoms in total. The lowest BCUT2D eigenvalue weighted by molar-refractivity contribution is 0.979. The highest BCUT2D eigenvalue weighted by molar-refractivity contribution is 7.80. The molecule has 0 amide bonds. The fraction of sp³-hybridized carbons (Fsp3) is 0.125. The van der Waals surface area contributed by atoms with E-state index < -0.39 is 0 Å². The molecule has 2 heterocycles. The molecule has 106 valence electrons. The number of nitrogens with zero attached hydrogens (tertiary/aromatic N) is 1. The summed E-state index contributed by atoms with van der Waals surface area (Å²) in [6.45, 7) is 2.83. The monoisotopic (exact) mass is 296 g/mol. The summed E-state index contributed by atoms with van der Waals surface area (Å²) in [6, 6.07) is 12.3. The van der Waals surface area contributed by atoms with Crippen molar-refractivity contribution in [3.63, 3.8) is 0 Å². The topological polar surface area (TPSA) is 52.7 Å². The van der Waals surface area contributed by atoms with E-state index in [9.17, 15) is 0 Å². The van der Waals surface area contributed by atoms with Gasteiger partial charge in [0.25, 0.3) is 0 Å². The number of anilines is 1. The number of benzene rings is 1. The van der Waals surface area contributed by atoms with Crippen molar-refractivity contribution in [2.75, 3.05) is 11.9 Å². The molecule has 3 aromatic rings. The molecule has 21 heavy (non-hydrogen) atoms. The van der Waals surface area contributed by atoms with Crippen molar-refractivity contribution in [3.8, 4) is 11.1 Å². The SMILES string of the molecule is CCNC(=S)Nc1ccc(-c2ccnc3[nH]ccc23)cc1. The maximum atomic E-state index is 5.18. The maximum absolute atomic E-state index is 5.18. The van der Waals surface area contributed by atoms with Gasteiger partial charge in [-0.2, -0.15) is 0 Å². The highest BCUT2D eigenvalue weighted by Gasteiger charge is 2.05. The van der Waals surface area contributed by atoms with Gasteiger partial charge < -0.3 is 15.6 Å². The zero-order valence-corrected chi connectivity index (χ0v) is 12.5. The van der Waals surface area contributed by atoms with Crippen LogP contribution < -0.4 is 10.6 Å². The highest BCUT2D eigenvalue weighted by atomic mass is 32.1. The second kappa shape index (κ2) is 5.93. The Morgan fingerprint density at radius 1 is 1.19 bits per heavy atom. The molecule has 0 unspecified atom stereocenters. The number of aromatic nitrogens is 2. The summed E-state index contributed by atoms with van der Waals surface area (Å²) in [5, 5.41) is 7.99. The molecule has 0 saturated carbocycles. The summed E-state index contributed by atoms with van der Waals surface area (Å²) in [6.07, 6.45) is 3.73. The van der Waals surface area contributed by atoms with Gasteiger partial charge in [0.1, 0.15) is 5.65 Å². The summed E-state index contributed by atoms with van der Waals surface area (Å²) in [4.78, 5) is 7.44. The average Bonchev–Trinajstić information content (AvgIpc) is 2.97. The summed E-state index contributed by atoms with van der Waals surface area (Å²) < 4.78 is 0. The second-order valence-corrected chi connectivity index (χ2v) is 5.07. The summed E-state index contributed by atoms with van der Waals surface area (Å²) >= 11 is 5.18. The van der Waals surface area contributed by atoms with Gasteiger partial charge in [-0.3, -0.25) is 0 Å². The van der Waals surface area contributed by atoms with E-state index in [0.29, 0.717) is 5.11 Å². The standard InChI is InChI=1S/C16H16N4S/c1-2-17-16(21)20-12-5-3-11(4-6-12)13-7-9-18-15-14(13)8-10-19-15/h3-10H,2H2,1H3,(H,18,19)(H2,17,20,21). The summed E-state index contributed by atoms with van der Waals surface area (Å²) in [5.41, 5.74) is 4.20. The zero-order chi connectivity index (χ0) is 14.7. The van der Waals surface area contributed by atoms with Gasteiger partial charge in [0.05, 0.1) is 0 Å². The molecule has 0 spiro atoms. The lowest BCUT2D eigenvalue weighted by Gasteiger charge is -2.10. The van der Waals surface area contributed by atoms with Crippen molar-refractivity contribution in [3.05, 3.63) is 48.8 Å². The van der Waals surface area contributed by atoms with Crippen molar-refractivity contribution in [1.82, 2.24) is 15.3 Å². The fourth-order valence-corrected chi connectivity index (χ4v) is 2.54. The van der Waals surface area contributed by atoms with Gasteiger partial charge in [-0.25, -0.2) is 4.98 Å². The smallest absolute Gasteiger partial charge is 0.170 e. The van der Waals surface area contributed by atoms with Gasteiger partial charge in [-0.15, -0.1) is 0 Å². The molecule has 3 N–H and O–H groups in total. The van der Waals surface area contributed by atoms with Crippen LogP contribution in [0, 0.1) is 0 Å². The van der Waals surface area contributed by atoms with Crippen LogP contribution in [0.25, 0.3) is 22.2 Å². The lowest BCUT2D eigenvalue weighted by Crippen LogP contribution is -2.27. The van der Waals surface area contributed by atoms with E-state index in [1.54, 1.807) is 0 Å². The Hall–Kier alpha value is -2.40. The van der Waals surface area contributed by atoms with Gasteiger partial charge in [0.15, 0.2) is 5.11 Å². The van der Waals surface area contributed by atoms with Gasteiger partial charge in [0.2, 0.25) is 0 Å². The van der Waals surface area contributed by atoms with E-state index in [4.69, 9.17) is 12.2 Å². The molecule has 0 aliphatic heterocycles. The van der Waals surface area contributed by atoms with Crippen LogP contribution in [0.3, 0.4) is 0 Å². The number of pyridine rings is 1. The number of nitrogens with one attached hydrogen (secondary N) is 3. The molecule has 3 rings (SSSR count). The van der Waals surface area contributed by atoms with Crippen molar-refractivity contribution < 1.29 is 0 Å². The number of thiocarbonyl (C=S) groups is 1. The molecule has 0 aliphatic rings. The van der Waals surface area contributed by atoms with Gasteiger partial charge in [0, 0.05) is 30.0 Å². The first-order valence-electron chi connectivity index (χ1n) is 6.85. The molecule has 0 fully saturated rings. The van der Waals surface area contributed by atoms with Crippen molar-refractivity contribution in [2.24, 2.45) is 0 Å². The zero-order valence-electron chi connectivity index (χ0n) is 11.7. The van der Waals surface area contributed by atoms with E-state index in [2.05, 4.69) is 32.7 Å². The third kappa shape index (κ3) is 2.87. The maximum Gasteiger partial charge on any atom is 0.170 e. The highest BCUT2D eigenvalue weighted by Crippen LogP contribution is 2.27. The molecular formula is C16H16N4S. The Labute approximate surface area is 128 Å². The first kappa shape index (κ1) is 13.6. The van der Waals surface area contributed by atoms with Crippen LogP contribution in [0.2, 0.25) is 0 Å². The van der Waals surface area contributed by atoms with Crippen molar-refractivity contribution in [1.29, 1.82) is 0 Å². The number of aromatic amines is 1. The summed E-state index contributed by atoms with van der Waals surface area (Å²) in [7, 11) is 0. The van der Waals surface area contributed by atoms with Gasteiger partial charge in [-0.05, 0) is 54.5 Å². The Morgan fingerprint density at radius 2 is 2.00 bits per heavy atom. The van der Waals surface area contributed by atoms with Crippen LogP contribution in [0.5, 0.6) is 0 Å². The lowest BCUT2D eigenvalue weighted by atomic mass is 10.0. The minimum atomic E-state index is 0.641. The molecular weight excluding hydrogens is 280 g/mol. The van der Waals surface area contributed by atoms with E-state index in [0.717, 1.165) is 28.8 Å². The quantitative estimate of drug-likeness (QED) is 0.647. The number of hydrogen-bond donors (Lipinski definition) is 3. The Balaban J connectivity index is 1.87. The summed E-state index contributed by atoms with van der Waals surface area (Å²) in [5.74, 6) is 0. The largest absolute Gasteiger partial charge is 0.363 e. The van der Waals surface area contributed by atoms with Crippen LogP contribution >= 0.6 is 12.2 Å². The van der Waals surface area contributed by atoms with Crippen LogP contribution in [-0.2, 0) is 0 Å². The van der Waals surface area contributed by atoms with E-state index in [-0.39, 0.29) is 0 Å². The Kier molecular flexibility index (Phi) is 3.83. The first-order valence-corrected chi connectivity index (χ1v) is 7.26. The molecule has 2 aromatic heterocycles. The molecule has 1 aromatic carbocycles. The normalized spacial score (nSPS) is 10.5. The van der Waals surface area contributed by atoms with E-state index in [1.807, 2.05) is 43.6 Å². The predicted octanol–water partition coefficient (Wildman–Crippen LogP) is 3.54. The van der Waals surface area contributed by atoms with Crippen molar-refractivity contribution >= 4 is 34.1 Å². The third-order valence-electron chi connectivity index (χ3n) is 3.25. The minimum absolute atomic E-state index is 0.641. The number of hydrogen-bond acceptors (Lipinski definition) is 2. The Bertz CT molecular complexity index is 761. The predicted molar refractivity (Wildman–Crippen MR) is 91.4 cm³/mol. The third-order valence-corrected chi connectivity index (χ3v) is 3.50. The van der Waals surface area contributed by atoms with Gasteiger partial charge >= 0.3 is 0 Å².